The molecule has 0 spiro atoms. The molecule has 2 N–H and O–H groups in total. The molecule has 2 aromatic rings. The monoisotopic (exact) mass is 516 g/mol. The lowest BCUT2D eigenvalue weighted by molar-refractivity contribution is -0.122. The van der Waals surface area contributed by atoms with E-state index < -0.39 is 6.09 Å². The summed E-state index contributed by atoms with van der Waals surface area (Å²) in [6.45, 7) is 6.20. The van der Waals surface area contributed by atoms with Crippen LogP contribution in [0.2, 0.25) is 5.02 Å². The lowest BCUT2D eigenvalue weighted by Gasteiger charge is -2.38. The molecule has 194 valence electrons. The van der Waals surface area contributed by atoms with Gasteiger partial charge in [-0.25, -0.2) is 4.79 Å². The lowest BCUT2D eigenvalue weighted by Crippen LogP contribution is -2.47. The third kappa shape index (κ3) is 7.84. The fraction of sp³-hybridized carbons (Fsp3) is 0.462. The number of carbonyl (C=O) groups is 3. The van der Waals surface area contributed by atoms with Gasteiger partial charge in [-0.15, -0.1) is 0 Å². The van der Waals surface area contributed by atoms with Crippen LogP contribution in [-0.4, -0.2) is 64.2 Å². The number of hydrogen-bond donors (Lipinski definition) is 2. The minimum atomic E-state index is -1.11. The van der Waals surface area contributed by atoms with Crippen LogP contribution < -0.4 is 15.0 Å². The highest BCUT2D eigenvalue weighted by Crippen LogP contribution is 2.29. The average molecular weight is 517 g/mol. The Balaban J connectivity index is 1.67. The first kappa shape index (κ1) is 27.3. The first-order valence-corrected chi connectivity index (χ1v) is 12.4. The Morgan fingerprint density at radius 3 is 2.42 bits per heavy atom. The van der Waals surface area contributed by atoms with E-state index in [0.717, 1.165) is 24.2 Å². The lowest BCUT2D eigenvalue weighted by atomic mass is 9.90. The van der Waals surface area contributed by atoms with Gasteiger partial charge in [-0.05, 0) is 70.4 Å². The fourth-order valence-electron chi connectivity index (χ4n) is 3.90. The van der Waals surface area contributed by atoms with E-state index in [4.69, 9.17) is 16.3 Å². The molecule has 1 aromatic heterocycles. The molecule has 9 nitrogen and oxygen atoms in total. The number of ether oxygens (including phenoxy) is 1. The molecule has 3 rings (SSSR count). The highest BCUT2D eigenvalue weighted by Gasteiger charge is 2.30. The largest absolute Gasteiger partial charge is 0.492 e. The van der Waals surface area contributed by atoms with Crippen LogP contribution >= 0.6 is 11.6 Å². The summed E-state index contributed by atoms with van der Waals surface area (Å²) in [4.78, 5) is 44.2. The Morgan fingerprint density at radius 1 is 1.14 bits per heavy atom. The van der Waals surface area contributed by atoms with Gasteiger partial charge in [0.2, 0.25) is 5.91 Å². The molecule has 1 aromatic carbocycles. The Labute approximate surface area is 216 Å². The maximum atomic E-state index is 13.4. The second kappa shape index (κ2) is 12.1. The van der Waals surface area contributed by atoms with Crippen molar-refractivity contribution < 1.29 is 24.2 Å². The van der Waals surface area contributed by atoms with E-state index in [1.807, 2.05) is 20.8 Å². The molecule has 36 heavy (non-hydrogen) atoms. The number of pyridine rings is 1. The van der Waals surface area contributed by atoms with E-state index in [1.165, 1.54) is 12.4 Å². The Bertz CT molecular complexity index is 1070. The molecule has 0 unspecified atom stereocenters. The number of amides is 3. The highest BCUT2D eigenvalue weighted by atomic mass is 35.5. The summed E-state index contributed by atoms with van der Waals surface area (Å²) < 4.78 is 5.77. The quantitative estimate of drug-likeness (QED) is 0.477. The summed E-state index contributed by atoms with van der Waals surface area (Å²) in [5.74, 6) is 0.0523. The third-order valence-electron chi connectivity index (χ3n) is 5.78. The molecule has 0 atom stereocenters. The van der Waals surface area contributed by atoms with Gasteiger partial charge in [0.05, 0.1) is 12.2 Å². The van der Waals surface area contributed by atoms with Crippen LogP contribution in [0.3, 0.4) is 0 Å². The first-order chi connectivity index (χ1) is 17.0. The second-order valence-electron chi connectivity index (χ2n) is 9.80. The topological polar surface area (TPSA) is 112 Å². The zero-order valence-corrected chi connectivity index (χ0v) is 21.6. The number of carbonyl (C=O) groups excluding carboxylic acids is 2. The van der Waals surface area contributed by atoms with Gasteiger partial charge in [0.25, 0.3) is 5.91 Å². The maximum absolute atomic E-state index is 13.4. The van der Waals surface area contributed by atoms with Gasteiger partial charge < -0.3 is 20.1 Å². The number of nitrogens with one attached hydrogen (secondary N) is 1. The molecule has 0 saturated heterocycles. The highest BCUT2D eigenvalue weighted by molar-refractivity contribution is 6.31. The number of aromatic nitrogens is 1. The average Bonchev–Trinajstić information content (AvgIpc) is 2.76. The predicted octanol–water partition coefficient (Wildman–Crippen LogP) is 4.60. The number of halogens is 1. The SMILES string of the molecule is CC(C)(C)NC(=O)CCN(C(=O)c1cc(Cl)cc(OCCN(C(=O)O)c2ccncc2)c1)C1CCC1. The zero-order chi connectivity index (χ0) is 26.3. The van der Waals surface area contributed by atoms with Crippen molar-refractivity contribution in [2.45, 2.75) is 58.0 Å². The number of nitrogens with zero attached hydrogens (tertiary/aromatic N) is 3. The van der Waals surface area contributed by atoms with Crippen LogP contribution in [0.25, 0.3) is 0 Å². The van der Waals surface area contributed by atoms with Crippen LogP contribution in [0.5, 0.6) is 5.75 Å². The van der Waals surface area contributed by atoms with Gasteiger partial charge >= 0.3 is 6.09 Å². The number of benzene rings is 1. The summed E-state index contributed by atoms with van der Waals surface area (Å²) >= 11 is 6.29. The summed E-state index contributed by atoms with van der Waals surface area (Å²) in [6, 6.07) is 8.06. The predicted molar refractivity (Wildman–Crippen MR) is 138 cm³/mol. The van der Waals surface area contributed by atoms with Crippen molar-refractivity contribution in [1.82, 2.24) is 15.2 Å². The molecule has 0 aliphatic heterocycles. The summed E-state index contributed by atoms with van der Waals surface area (Å²) in [7, 11) is 0. The van der Waals surface area contributed by atoms with E-state index in [-0.39, 0.29) is 43.0 Å². The molecule has 0 radical (unpaired) electrons. The van der Waals surface area contributed by atoms with Crippen molar-refractivity contribution in [3.8, 4) is 5.75 Å². The van der Waals surface area contributed by atoms with Gasteiger partial charge in [0.15, 0.2) is 0 Å². The number of hydrogen-bond acceptors (Lipinski definition) is 5. The molecule has 0 bridgehead atoms. The molecule has 3 amide bonds. The third-order valence-corrected chi connectivity index (χ3v) is 6.00. The maximum Gasteiger partial charge on any atom is 0.411 e. The summed E-state index contributed by atoms with van der Waals surface area (Å²) in [5, 5.41) is 12.8. The summed E-state index contributed by atoms with van der Waals surface area (Å²) in [6.07, 6.45) is 4.97. The molecule has 1 heterocycles. The Morgan fingerprint density at radius 2 is 1.83 bits per heavy atom. The van der Waals surface area contributed by atoms with Gasteiger partial charge in [-0.3, -0.25) is 19.5 Å². The van der Waals surface area contributed by atoms with Crippen LogP contribution in [0.4, 0.5) is 10.5 Å². The fourth-order valence-corrected chi connectivity index (χ4v) is 4.13. The van der Waals surface area contributed by atoms with Gasteiger partial charge in [-0.2, -0.15) is 0 Å². The van der Waals surface area contributed by atoms with Crippen molar-refractivity contribution in [1.29, 1.82) is 0 Å². The summed E-state index contributed by atoms with van der Waals surface area (Å²) in [5.41, 5.74) is 0.509. The van der Waals surface area contributed by atoms with E-state index in [9.17, 15) is 19.5 Å². The van der Waals surface area contributed by atoms with Crippen LogP contribution in [0.15, 0.2) is 42.7 Å². The second-order valence-corrected chi connectivity index (χ2v) is 10.2. The van der Waals surface area contributed by atoms with E-state index in [2.05, 4.69) is 10.3 Å². The zero-order valence-electron chi connectivity index (χ0n) is 20.9. The molecule has 1 fully saturated rings. The Hall–Kier alpha value is -3.33. The molecular weight excluding hydrogens is 484 g/mol. The number of carboxylic acid groups (broad SMARTS) is 1. The minimum Gasteiger partial charge on any atom is -0.492 e. The van der Waals surface area contributed by atoms with Gasteiger partial charge in [0, 0.05) is 47.5 Å². The van der Waals surface area contributed by atoms with Crippen LogP contribution in [0, 0.1) is 0 Å². The molecule has 1 aliphatic rings. The first-order valence-electron chi connectivity index (χ1n) is 12.0. The van der Waals surface area contributed by atoms with E-state index in [1.54, 1.807) is 35.2 Å². The number of rotatable bonds is 10. The standard InChI is InChI=1S/C26H33ClN4O5/c1-26(2,3)29-23(32)9-12-30(20-5-4-6-20)24(33)18-15-19(27)17-22(16-18)36-14-13-31(25(34)35)21-7-10-28-11-8-21/h7-8,10-11,15-17,20H,4-6,9,12-14H2,1-3H3,(H,29,32)(H,34,35). The molecule has 10 heteroatoms. The van der Waals surface area contributed by atoms with Crippen molar-refractivity contribution in [3.63, 3.8) is 0 Å². The normalized spacial score (nSPS) is 13.4. The van der Waals surface area contributed by atoms with Gasteiger partial charge in [0.1, 0.15) is 12.4 Å². The van der Waals surface area contributed by atoms with E-state index >= 15 is 0 Å². The molecular formula is C26H33ClN4O5. The molecule has 1 saturated carbocycles. The van der Waals surface area contributed by atoms with Crippen molar-refractivity contribution in [2.75, 3.05) is 24.6 Å². The molecule has 1 aliphatic carbocycles. The number of anilines is 1. The van der Waals surface area contributed by atoms with Gasteiger partial charge in [-0.1, -0.05) is 11.6 Å². The van der Waals surface area contributed by atoms with E-state index in [0.29, 0.717) is 28.6 Å². The Kier molecular flexibility index (Phi) is 9.14. The van der Waals surface area contributed by atoms with Crippen LogP contribution in [-0.2, 0) is 4.79 Å². The van der Waals surface area contributed by atoms with Crippen molar-refractivity contribution in [2.24, 2.45) is 0 Å². The van der Waals surface area contributed by atoms with Crippen molar-refractivity contribution >= 4 is 35.2 Å². The van der Waals surface area contributed by atoms with Crippen molar-refractivity contribution in [3.05, 3.63) is 53.3 Å². The van der Waals surface area contributed by atoms with Crippen LogP contribution in [0.1, 0.15) is 56.8 Å². The smallest absolute Gasteiger partial charge is 0.411 e. The minimum absolute atomic E-state index is 0.0574.